The molecule has 19 heavy (non-hydrogen) atoms. The zero-order valence-electron chi connectivity index (χ0n) is 10.2. The molecule has 0 atom stereocenters. The quantitative estimate of drug-likeness (QED) is 0.706. The van der Waals surface area contributed by atoms with Crippen molar-refractivity contribution in [3.63, 3.8) is 0 Å². The van der Waals surface area contributed by atoms with Gasteiger partial charge in [-0.25, -0.2) is 4.98 Å². The maximum absolute atomic E-state index is 5.44. The first kappa shape index (κ1) is 10.9. The number of hydrogen-bond donors (Lipinski definition) is 0. The van der Waals surface area contributed by atoms with Crippen LogP contribution in [0.2, 0.25) is 0 Å². The molecule has 0 saturated heterocycles. The summed E-state index contributed by atoms with van der Waals surface area (Å²) >= 11 is 1.82. The number of thioether (sulfide) groups is 1. The van der Waals surface area contributed by atoms with Crippen molar-refractivity contribution in [3.05, 3.63) is 48.9 Å². The SMILES string of the molecule is c1cc(-c2cn3c(n2)SCC3)cc(-c2ccco2)c1. The van der Waals surface area contributed by atoms with Crippen LogP contribution in [0, 0.1) is 0 Å². The van der Waals surface area contributed by atoms with Gasteiger partial charge in [0, 0.05) is 29.6 Å². The van der Waals surface area contributed by atoms with E-state index in [-0.39, 0.29) is 0 Å². The minimum atomic E-state index is 0.892. The van der Waals surface area contributed by atoms with E-state index >= 15 is 0 Å². The van der Waals surface area contributed by atoms with Crippen LogP contribution in [0.1, 0.15) is 0 Å². The second kappa shape index (κ2) is 4.31. The molecule has 4 heteroatoms. The maximum atomic E-state index is 5.44. The Balaban J connectivity index is 1.77. The number of nitrogens with zero attached hydrogens (tertiary/aromatic N) is 2. The Labute approximate surface area is 115 Å². The van der Waals surface area contributed by atoms with Gasteiger partial charge in [-0.05, 0) is 18.2 Å². The van der Waals surface area contributed by atoms with E-state index in [0.29, 0.717) is 0 Å². The van der Waals surface area contributed by atoms with Crippen LogP contribution in [0.3, 0.4) is 0 Å². The van der Waals surface area contributed by atoms with E-state index < -0.39 is 0 Å². The molecule has 3 aromatic rings. The molecule has 4 rings (SSSR count). The van der Waals surface area contributed by atoms with Gasteiger partial charge in [-0.1, -0.05) is 30.0 Å². The van der Waals surface area contributed by atoms with Crippen molar-refractivity contribution >= 4 is 11.8 Å². The molecule has 0 fully saturated rings. The number of furan rings is 1. The van der Waals surface area contributed by atoms with E-state index in [1.54, 1.807) is 6.26 Å². The molecule has 2 aromatic heterocycles. The predicted molar refractivity (Wildman–Crippen MR) is 76.1 cm³/mol. The second-order valence-electron chi connectivity index (χ2n) is 4.51. The van der Waals surface area contributed by atoms with E-state index in [0.717, 1.165) is 40.0 Å². The van der Waals surface area contributed by atoms with Gasteiger partial charge in [0.25, 0.3) is 0 Å². The van der Waals surface area contributed by atoms with E-state index in [2.05, 4.69) is 33.9 Å². The standard InChI is InChI=1S/C15H12N2OS/c1-3-11(9-12(4-1)14-5-2-7-18-14)13-10-17-6-8-19-15(17)16-13/h1-5,7,9-10H,6,8H2. The van der Waals surface area contributed by atoms with Crippen LogP contribution in [0.15, 0.2) is 58.4 Å². The van der Waals surface area contributed by atoms with Gasteiger partial charge in [-0.15, -0.1) is 0 Å². The lowest BCUT2D eigenvalue weighted by Gasteiger charge is -2.01. The Kier molecular flexibility index (Phi) is 2.48. The molecule has 1 aliphatic heterocycles. The number of benzene rings is 1. The first-order valence-corrected chi connectivity index (χ1v) is 7.23. The fourth-order valence-electron chi connectivity index (χ4n) is 2.32. The van der Waals surface area contributed by atoms with Crippen molar-refractivity contribution < 1.29 is 4.42 Å². The van der Waals surface area contributed by atoms with E-state index in [9.17, 15) is 0 Å². The van der Waals surface area contributed by atoms with E-state index in [1.165, 1.54) is 0 Å². The third-order valence-corrected chi connectivity index (χ3v) is 4.24. The summed E-state index contributed by atoms with van der Waals surface area (Å²) in [5, 5.41) is 1.12. The van der Waals surface area contributed by atoms with Gasteiger partial charge in [0.1, 0.15) is 5.76 Å². The van der Waals surface area contributed by atoms with Gasteiger partial charge in [-0.2, -0.15) is 0 Å². The molecular formula is C15H12N2OS. The Morgan fingerprint density at radius 2 is 2.11 bits per heavy atom. The van der Waals surface area contributed by atoms with E-state index in [4.69, 9.17) is 4.42 Å². The number of imidazole rings is 1. The molecule has 0 saturated carbocycles. The molecule has 1 aromatic carbocycles. The lowest BCUT2D eigenvalue weighted by atomic mass is 10.1. The Morgan fingerprint density at radius 1 is 1.16 bits per heavy atom. The molecule has 0 amide bonds. The number of aryl methyl sites for hydroxylation is 1. The molecule has 0 bridgehead atoms. The lowest BCUT2D eigenvalue weighted by molar-refractivity contribution is 0.582. The number of aromatic nitrogens is 2. The van der Waals surface area contributed by atoms with Gasteiger partial charge in [0.2, 0.25) is 0 Å². The largest absolute Gasteiger partial charge is 0.464 e. The summed E-state index contributed by atoms with van der Waals surface area (Å²) in [5.74, 6) is 2.03. The summed E-state index contributed by atoms with van der Waals surface area (Å²) in [7, 11) is 0. The molecule has 0 unspecified atom stereocenters. The van der Waals surface area contributed by atoms with Crippen LogP contribution in [-0.4, -0.2) is 15.3 Å². The van der Waals surface area contributed by atoms with Crippen molar-refractivity contribution in [1.82, 2.24) is 9.55 Å². The van der Waals surface area contributed by atoms with Crippen LogP contribution < -0.4 is 0 Å². The van der Waals surface area contributed by atoms with Crippen LogP contribution in [0.25, 0.3) is 22.6 Å². The molecule has 94 valence electrons. The van der Waals surface area contributed by atoms with Crippen molar-refractivity contribution in [3.8, 4) is 22.6 Å². The number of fused-ring (bicyclic) bond motifs is 1. The summed E-state index contributed by atoms with van der Waals surface area (Å²) in [5.41, 5.74) is 3.26. The lowest BCUT2D eigenvalue weighted by Crippen LogP contribution is -1.89. The summed E-state index contributed by atoms with van der Waals surface area (Å²) in [6, 6.07) is 12.2. The molecule has 3 nitrogen and oxygen atoms in total. The molecule has 3 heterocycles. The van der Waals surface area contributed by atoms with Crippen LogP contribution >= 0.6 is 11.8 Å². The Bertz CT molecular complexity index is 694. The first-order chi connectivity index (χ1) is 9.40. The van der Waals surface area contributed by atoms with Crippen molar-refractivity contribution in [2.24, 2.45) is 0 Å². The average Bonchev–Trinajstić information content (AvgIpc) is 3.15. The smallest absolute Gasteiger partial charge is 0.168 e. The van der Waals surface area contributed by atoms with Gasteiger partial charge in [0.15, 0.2) is 5.16 Å². The van der Waals surface area contributed by atoms with Crippen molar-refractivity contribution in [2.45, 2.75) is 11.7 Å². The van der Waals surface area contributed by atoms with Gasteiger partial charge in [0.05, 0.1) is 12.0 Å². The fraction of sp³-hybridized carbons (Fsp3) is 0.133. The van der Waals surface area contributed by atoms with Gasteiger partial charge in [-0.3, -0.25) is 0 Å². The molecule has 0 aliphatic carbocycles. The molecule has 0 radical (unpaired) electrons. The summed E-state index contributed by atoms with van der Waals surface area (Å²) in [6.07, 6.45) is 3.83. The minimum absolute atomic E-state index is 0.892. The van der Waals surface area contributed by atoms with Gasteiger partial charge < -0.3 is 8.98 Å². The molecule has 1 aliphatic rings. The Hall–Kier alpha value is -1.94. The topological polar surface area (TPSA) is 31.0 Å². The first-order valence-electron chi connectivity index (χ1n) is 6.24. The average molecular weight is 268 g/mol. The van der Waals surface area contributed by atoms with Gasteiger partial charge >= 0.3 is 0 Å². The highest BCUT2D eigenvalue weighted by Crippen LogP contribution is 2.30. The van der Waals surface area contributed by atoms with E-state index in [1.807, 2.05) is 30.0 Å². The second-order valence-corrected chi connectivity index (χ2v) is 5.57. The number of hydrogen-bond acceptors (Lipinski definition) is 3. The van der Waals surface area contributed by atoms with Crippen LogP contribution in [0.4, 0.5) is 0 Å². The summed E-state index contributed by atoms with van der Waals surface area (Å²) < 4.78 is 7.66. The minimum Gasteiger partial charge on any atom is -0.464 e. The highest BCUT2D eigenvalue weighted by molar-refractivity contribution is 7.99. The normalized spacial score (nSPS) is 13.7. The third kappa shape index (κ3) is 1.88. The number of rotatable bonds is 2. The van der Waals surface area contributed by atoms with Crippen LogP contribution in [-0.2, 0) is 6.54 Å². The maximum Gasteiger partial charge on any atom is 0.168 e. The zero-order chi connectivity index (χ0) is 12.7. The van der Waals surface area contributed by atoms with Crippen molar-refractivity contribution in [2.75, 3.05) is 5.75 Å². The Morgan fingerprint density at radius 3 is 2.95 bits per heavy atom. The predicted octanol–water partition coefficient (Wildman–Crippen LogP) is 3.92. The highest BCUT2D eigenvalue weighted by atomic mass is 32.2. The summed E-state index contributed by atoms with van der Waals surface area (Å²) in [4.78, 5) is 4.68. The monoisotopic (exact) mass is 268 g/mol. The third-order valence-electron chi connectivity index (χ3n) is 3.27. The molecular weight excluding hydrogens is 256 g/mol. The highest BCUT2D eigenvalue weighted by Gasteiger charge is 2.15. The van der Waals surface area contributed by atoms with Crippen molar-refractivity contribution in [1.29, 1.82) is 0 Å². The molecule has 0 N–H and O–H groups in total. The zero-order valence-corrected chi connectivity index (χ0v) is 11.1. The fourth-order valence-corrected chi connectivity index (χ4v) is 3.27. The summed E-state index contributed by atoms with van der Waals surface area (Å²) in [6.45, 7) is 1.06. The van der Waals surface area contributed by atoms with Crippen LogP contribution in [0.5, 0.6) is 0 Å². The molecule has 0 spiro atoms.